The molecule has 1 aliphatic carbocycles. The molecule has 1 heterocycles. The largest absolute Gasteiger partial charge is 0.228 e. The summed E-state index contributed by atoms with van der Waals surface area (Å²) in [6.45, 7) is 4.72. The van der Waals surface area contributed by atoms with E-state index < -0.39 is 0 Å². The van der Waals surface area contributed by atoms with Gasteiger partial charge in [-0.05, 0) is 72.5 Å². The van der Waals surface area contributed by atoms with Gasteiger partial charge in [-0.2, -0.15) is 0 Å². The van der Waals surface area contributed by atoms with E-state index in [1.165, 1.54) is 66.4 Å². The van der Waals surface area contributed by atoms with Crippen molar-refractivity contribution < 1.29 is 0 Å². The summed E-state index contributed by atoms with van der Waals surface area (Å²) in [6.07, 6.45) is 0. The van der Waals surface area contributed by atoms with E-state index in [9.17, 15) is 0 Å². The summed E-state index contributed by atoms with van der Waals surface area (Å²) in [5.41, 5.74) is 17.5. The first kappa shape index (κ1) is 32.7. The summed E-state index contributed by atoms with van der Waals surface area (Å²) < 4.78 is 0. The molecule has 9 aromatic rings. The van der Waals surface area contributed by atoms with Crippen LogP contribution in [0.2, 0.25) is 0 Å². The quantitative estimate of drug-likeness (QED) is 0.172. The second-order valence-corrected chi connectivity index (χ2v) is 15.0. The first-order chi connectivity index (χ1) is 27.0. The molecule has 1 aromatic heterocycles. The van der Waals surface area contributed by atoms with Crippen LogP contribution in [0.4, 0.5) is 0 Å². The molecule has 0 unspecified atom stereocenters. The lowest BCUT2D eigenvalue weighted by atomic mass is 9.78. The van der Waals surface area contributed by atoms with Crippen LogP contribution < -0.4 is 0 Å². The Kier molecular flexibility index (Phi) is 7.85. The van der Waals surface area contributed by atoms with Gasteiger partial charge in [-0.15, -0.1) is 0 Å². The number of hydrogen-bond donors (Lipinski definition) is 0. The molecule has 0 bridgehead atoms. The number of nitrogens with zero attached hydrogens (tertiary/aromatic N) is 2. The van der Waals surface area contributed by atoms with Gasteiger partial charge in [-0.25, -0.2) is 9.97 Å². The fraction of sp³-hybridized carbons (Fsp3) is 0.0566. The van der Waals surface area contributed by atoms with Crippen LogP contribution >= 0.6 is 0 Å². The van der Waals surface area contributed by atoms with Gasteiger partial charge in [0.1, 0.15) is 0 Å². The van der Waals surface area contributed by atoms with Gasteiger partial charge in [0.2, 0.25) is 0 Å². The first-order valence-corrected chi connectivity index (χ1v) is 19.0. The highest BCUT2D eigenvalue weighted by Gasteiger charge is 2.37. The predicted molar refractivity (Wildman–Crippen MR) is 230 cm³/mol. The van der Waals surface area contributed by atoms with Gasteiger partial charge in [0, 0.05) is 22.1 Å². The van der Waals surface area contributed by atoms with Crippen molar-refractivity contribution in [3.8, 4) is 78.4 Å². The van der Waals surface area contributed by atoms with Crippen LogP contribution in [-0.2, 0) is 5.41 Å². The fourth-order valence-corrected chi connectivity index (χ4v) is 8.60. The molecule has 0 atom stereocenters. The third-order valence-electron chi connectivity index (χ3n) is 11.3. The van der Waals surface area contributed by atoms with Crippen LogP contribution in [0.5, 0.6) is 0 Å². The number of benzene rings is 8. The smallest absolute Gasteiger partial charge is 0.160 e. The van der Waals surface area contributed by atoms with Gasteiger partial charge in [0.15, 0.2) is 5.82 Å². The summed E-state index contributed by atoms with van der Waals surface area (Å²) >= 11 is 0. The molecule has 0 amide bonds. The Balaban J connectivity index is 1.07. The summed E-state index contributed by atoms with van der Waals surface area (Å²) in [5.74, 6) is 0.710. The molecule has 55 heavy (non-hydrogen) atoms. The van der Waals surface area contributed by atoms with E-state index in [2.05, 4.69) is 190 Å². The van der Waals surface area contributed by atoms with Crippen molar-refractivity contribution in [2.75, 3.05) is 0 Å². The van der Waals surface area contributed by atoms with Gasteiger partial charge in [-0.3, -0.25) is 0 Å². The van der Waals surface area contributed by atoms with Gasteiger partial charge in [-0.1, -0.05) is 202 Å². The molecular formula is C53H38N2. The average molecular weight is 703 g/mol. The highest BCUT2D eigenvalue weighted by atomic mass is 14.9. The molecule has 1 aliphatic rings. The lowest BCUT2D eigenvalue weighted by Gasteiger charge is -2.25. The average Bonchev–Trinajstić information content (AvgIpc) is 3.50. The van der Waals surface area contributed by atoms with Crippen LogP contribution in [0.15, 0.2) is 194 Å². The minimum absolute atomic E-state index is 0.115. The van der Waals surface area contributed by atoms with E-state index in [4.69, 9.17) is 9.97 Å². The fourth-order valence-electron chi connectivity index (χ4n) is 8.60. The Bertz CT molecular complexity index is 2850. The Morgan fingerprint density at radius 1 is 0.327 bits per heavy atom. The van der Waals surface area contributed by atoms with Gasteiger partial charge >= 0.3 is 0 Å². The van der Waals surface area contributed by atoms with Crippen LogP contribution in [0.3, 0.4) is 0 Å². The van der Waals surface area contributed by atoms with Crippen molar-refractivity contribution in [1.82, 2.24) is 9.97 Å². The van der Waals surface area contributed by atoms with E-state index in [0.717, 1.165) is 28.1 Å². The van der Waals surface area contributed by atoms with E-state index >= 15 is 0 Å². The molecule has 0 saturated carbocycles. The van der Waals surface area contributed by atoms with Gasteiger partial charge < -0.3 is 0 Å². The summed E-state index contributed by atoms with van der Waals surface area (Å²) in [5, 5.41) is 2.38. The number of fused-ring (bicyclic) bond motifs is 4. The zero-order chi connectivity index (χ0) is 36.9. The number of hydrogen-bond acceptors (Lipinski definition) is 2. The minimum Gasteiger partial charge on any atom is -0.228 e. The predicted octanol–water partition coefficient (Wildman–Crippen LogP) is 13.9. The van der Waals surface area contributed by atoms with Crippen LogP contribution in [0.25, 0.3) is 89.2 Å². The SMILES string of the molecule is CC1(C)c2ccccc2-c2cccc(-c3ccc(-c4cc(-c5ccc(-c6ccc(-c7ccccc7)cc6)cc5)nc(-c5ccccc5)n4)c4ccccc34)c21. The normalized spacial score (nSPS) is 12.7. The Labute approximate surface area is 322 Å². The Morgan fingerprint density at radius 3 is 1.44 bits per heavy atom. The first-order valence-electron chi connectivity index (χ1n) is 19.0. The van der Waals surface area contributed by atoms with Crippen LogP contribution in [0.1, 0.15) is 25.0 Å². The highest BCUT2D eigenvalue weighted by Crippen LogP contribution is 2.53. The Hall–Kier alpha value is -6.90. The maximum atomic E-state index is 5.25. The highest BCUT2D eigenvalue weighted by molar-refractivity contribution is 6.06. The second-order valence-electron chi connectivity index (χ2n) is 15.0. The zero-order valence-corrected chi connectivity index (χ0v) is 30.9. The molecule has 0 saturated heterocycles. The maximum absolute atomic E-state index is 5.25. The minimum atomic E-state index is -0.115. The van der Waals surface area contributed by atoms with Gasteiger partial charge in [0.05, 0.1) is 11.4 Å². The van der Waals surface area contributed by atoms with Crippen molar-refractivity contribution in [3.05, 3.63) is 205 Å². The molecule has 0 N–H and O–H groups in total. The van der Waals surface area contributed by atoms with Crippen molar-refractivity contribution in [2.24, 2.45) is 0 Å². The number of rotatable bonds is 6. The molecule has 0 radical (unpaired) electrons. The summed E-state index contributed by atoms with van der Waals surface area (Å²) in [7, 11) is 0. The van der Waals surface area contributed by atoms with Crippen molar-refractivity contribution in [3.63, 3.8) is 0 Å². The van der Waals surface area contributed by atoms with E-state index in [1.54, 1.807) is 0 Å². The molecular weight excluding hydrogens is 665 g/mol. The monoisotopic (exact) mass is 702 g/mol. The molecule has 2 heteroatoms. The molecule has 2 nitrogen and oxygen atoms in total. The molecule has 0 fully saturated rings. The molecule has 0 aliphatic heterocycles. The van der Waals surface area contributed by atoms with Crippen LogP contribution in [-0.4, -0.2) is 9.97 Å². The van der Waals surface area contributed by atoms with Crippen molar-refractivity contribution in [1.29, 1.82) is 0 Å². The van der Waals surface area contributed by atoms with Crippen molar-refractivity contribution >= 4 is 10.8 Å². The number of aromatic nitrogens is 2. The molecule has 10 rings (SSSR count). The molecule has 260 valence electrons. The second kappa shape index (κ2) is 13.2. The molecule has 8 aromatic carbocycles. The topological polar surface area (TPSA) is 25.8 Å². The van der Waals surface area contributed by atoms with E-state index in [0.29, 0.717) is 5.82 Å². The maximum Gasteiger partial charge on any atom is 0.160 e. The lowest BCUT2D eigenvalue weighted by Crippen LogP contribution is -2.16. The standard InChI is InChI=1S/C53H38N2/c1-53(2)48-23-12-11-20-44(48)47-22-13-21-46(51(47)53)43-32-33-45(42-19-10-9-18-41(42)43)50-34-49(54-52(55-50)40-16-7-4-8-17-40)39-30-28-38(29-31-39)37-26-24-36(25-27-37)35-14-5-3-6-15-35/h3-34H,1-2H3. The van der Waals surface area contributed by atoms with Crippen molar-refractivity contribution in [2.45, 2.75) is 19.3 Å². The zero-order valence-electron chi connectivity index (χ0n) is 30.9. The Morgan fingerprint density at radius 2 is 0.782 bits per heavy atom. The van der Waals surface area contributed by atoms with E-state index in [-0.39, 0.29) is 5.41 Å². The van der Waals surface area contributed by atoms with Gasteiger partial charge in [0.25, 0.3) is 0 Å². The summed E-state index contributed by atoms with van der Waals surface area (Å²) in [6, 6.07) is 69.5. The van der Waals surface area contributed by atoms with E-state index in [1.807, 2.05) is 18.2 Å². The third-order valence-corrected chi connectivity index (χ3v) is 11.3. The lowest BCUT2D eigenvalue weighted by molar-refractivity contribution is 0.662. The summed E-state index contributed by atoms with van der Waals surface area (Å²) in [4.78, 5) is 10.4. The molecule has 0 spiro atoms. The van der Waals surface area contributed by atoms with Crippen LogP contribution in [0, 0.1) is 0 Å². The third kappa shape index (κ3) is 5.66.